The average Bonchev–Trinajstić information content (AvgIpc) is 1.84. The molecule has 0 rings (SSSR count). The molecule has 1 N–H and O–H groups in total. The van der Waals surface area contributed by atoms with Crippen molar-refractivity contribution in [1.82, 2.24) is 0 Å². The summed E-state index contributed by atoms with van der Waals surface area (Å²) in [5.74, 6) is -0.0992. The first-order valence-electron chi connectivity index (χ1n) is 3.25. The molecule has 0 aromatic heterocycles. The van der Waals surface area contributed by atoms with Crippen LogP contribution in [0.2, 0.25) is 0 Å². The van der Waals surface area contributed by atoms with Crippen LogP contribution in [0.25, 0.3) is 0 Å². The molecule has 0 atom stereocenters. The summed E-state index contributed by atoms with van der Waals surface area (Å²) in [7, 11) is -3.94. The van der Waals surface area contributed by atoms with E-state index in [1.807, 2.05) is 0 Å². The summed E-state index contributed by atoms with van der Waals surface area (Å²) in [6.07, 6.45) is 0. The fourth-order valence-electron chi connectivity index (χ4n) is 0.393. The van der Waals surface area contributed by atoms with Crippen molar-refractivity contribution < 1.29 is 17.7 Å². The number of ether oxygens (including phenoxy) is 1. The molecular weight excluding hydrogens is 180 g/mol. The lowest BCUT2D eigenvalue weighted by Gasteiger charge is -2.06. The van der Waals surface area contributed by atoms with Crippen LogP contribution in [-0.2, 0) is 14.9 Å². The van der Waals surface area contributed by atoms with Crippen LogP contribution < -0.4 is 0 Å². The molecule has 0 radical (unpaired) electrons. The molecule has 5 heteroatoms. The number of rotatable bonds is 5. The van der Waals surface area contributed by atoms with Crippen LogP contribution in [0.4, 0.5) is 0 Å². The van der Waals surface area contributed by atoms with Crippen LogP contribution in [0.15, 0.2) is 24.5 Å². The summed E-state index contributed by atoms with van der Waals surface area (Å²) in [5.41, 5.74) is 0.630. The Morgan fingerprint density at radius 1 is 1.50 bits per heavy atom. The summed E-state index contributed by atoms with van der Waals surface area (Å²) in [5, 5.41) is 0. The molecule has 0 heterocycles. The predicted octanol–water partition coefficient (Wildman–Crippen LogP) is 0.981. The second-order valence-corrected chi connectivity index (χ2v) is 3.91. The van der Waals surface area contributed by atoms with Gasteiger partial charge in [-0.1, -0.05) is 13.2 Å². The van der Waals surface area contributed by atoms with E-state index in [4.69, 9.17) is 9.29 Å². The van der Waals surface area contributed by atoms with E-state index >= 15 is 0 Å². The van der Waals surface area contributed by atoms with Gasteiger partial charge in [0.25, 0.3) is 10.1 Å². The normalized spacial score (nSPS) is 10.8. The van der Waals surface area contributed by atoms with Crippen molar-refractivity contribution in [2.24, 2.45) is 0 Å². The third-order valence-electron chi connectivity index (χ3n) is 1.09. The Morgan fingerprint density at radius 2 is 2.00 bits per heavy atom. The molecule has 0 amide bonds. The maximum absolute atomic E-state index is 10.2. The number of hydrogen-bond acceptors (Lipinski definition) is 3. The Bertz CT molecular complexity index is 276. The van der Waals surface area contributed by atoms with Crippen molar-refractivity contribution in [3.8, 4) is 0 Å². The van der Waals surface area contributed by atoms with Crippen LogP contribution in [0.3, 0.4) is 0 Å². The highest BCUT2D eigenvalue weighted by molar-refractivity contribution is 7.85. The van der Waals surface area contributed by atoms with Gasteiger partial charge >= 0.3 is 0 Å². The van der Waals surface area contributed by atoms with Gasteiger partial charge in [0, 0.05) is 0 Å². The van der Waals surface area contributed by atoms with E-state index in [0.29, 0.717) is 11.3 Å². The summed E-state index contributed by atoms with van der Waals surface area (Å²) in [6, 6.07) is 0. The van der Waals surface area contributed by atoms with E-state index in [-0.39, 0.29) is 6.61 Å². The average molecular weight is 192 g/mol. The molecule has 0 fully saturated rings. The lowest BCUT2D eigenvalue weighted by molar-refractivity contribution is 0.239. The van der Waals surface area contributed by atoms with Crippen molar-refractivity contribution in [2.75, 3.05) is 12.4 Å². The van der Waals surface area contributed by atoms with Crippen molar-refractivity contribution in [1.29, 1.82) is 0 Å². The first kappa shape index (κ1) is 11.2. The number of hydrogen-bond donors (Lipinski definition) is 1. The molecule has 0 aliphatic heterocycles. The van der Waals surface area contributed by atoms with E-state index < -0.39 is 15.9 Å². The van der Waals surface area contributed by atoms with E-state index in [1.54, 1.807) is 6.92 Å². The van der Waals surface area contributed by atoms with Gasteiger partial charge in [-0.15, -0.1) is 0 Å². The minimum absolute atomic E-state index is 0.107. The molecule has 0 spiro atoms. The summed E-state index contributed by atoms with van der Waals surface area (Å²) in [6.45, 7) is 8.59. The smallest absolute Gasteiger partial charge is 0.268 e. The molecule has 0 aliphatic rings. The predicted molar refractivity (Wildman–Crippen MR) is 46.3 cm³/mol. The molecule has 0 aromatic carbocycles. The zero-order valence-corrected chi connectivity index (χ0v) is 7.73. The Labute approximate surface area is 72.3 Å². The van der Waals surface area contributed by atoms with Gasteiger partial charge in [-0.05, 0) is 12.5 Å². The Hall–Kier alpha value is -0.810. The fourth-order valence-corrected chi connectivity index (χ4v) is 0.687. The van der Waals surface area contributed by atoms with Crippen LogP contribution in [-0.4, -0.2) is 25.3 Å². The zero-order chi connectivity index (χ0) is 9.78. The van der Waals surface area contributed by atoms with Gasteiger partial charge < -0.3 is 4.74 Å². The monoisotopic (exact) mass is 192 g/mol. The molecular formula is C7H12O4S. The second-order valence-electron chi connectivity index (χ2n) is 2.34. The summed E-state index contributed by atoms with van der Waals surface area (Å²) >= 11 is 0. The van der Waals surface area contributed by atoms with Gasteiger partial charge in [-0.25, -0.2) is 0 Å². The molecule has 0 unspecified atom stereocenters. The first-order valence-corrected chi connectivity index (χ1v) is 4.86. The lowest BCUT2D eigenvalue weighted by Crippen LogP contribution is -2.10. The van der Waals surface area contributed by atoms with E-state index in [1.165, 1.54) is 0 Å². The van der Waals surface area contributed by atoms with E-state index in [9.17, 15) is 8.42 Å². The summed E-state index contributed by atoms with van der Waals surface area (Å²) < 4.78 is 33.6. The lowest BCUT2D eigenvalue weighted by atomic mass is 10.3. The second kappa shape index (κ2) is 4.27. The van der Waals surface area contributed by atoms with Crippen LogP contribution >= 0.6 is 0 Å². The molecule has 70 valence electrons. The van der Waals surface area contributed by atoms with Crippen molar-refractivity contribution >= 4 is 10.1 Å². The molecule has 12 heavy (non-hydrogen) atoms. The molecule has 4 nitrogen and oxygen atoms in total. The number of allylic oxidation sites excluding steroid dienone is 1. The van der Waals surface area contributed by atoms with Crippen LogP contribution in [0.5, 0.6) is 0 Å². The third kappa shape index (κ3) is 5.94. The molecule has 0 aromatic rings. The minimum Gasteiger partial charge on any atom is -0.493 e. The van der Waals surface area contributed by atoms with Crippen molar-refractivity contribution in [2.45, 2.75) is 6.92 Å². The standard InChI is InChI=1S/C7H12O4S/c1-6(2)7(3)11-4-5-12(8,9)10/h1,3-5H2,2H3,(H,8,9,10). The highest BCUT2D eigenvalue weighted by atomic mass is 32.2. The van der Waals surface area contributed by atoms with Gasteiger partial charge in [0.2, 0.25) is 0 Å². The van der Waals surface area contributed by atoms with Gasteiger partial charge in [-0.3, -0.25) is 4.55 Å². The maximum Gasteiger partial charge on any atom is 0.268 e. The van der Waals surface area contributed by atoms with E-state index in [2.05, 4.69) is 13.2 Å². The van der Waals surface area contributed by atoms with Crippen molar-refractivity contribution in [3.05, 3.63) is 24.5 Å². The van der Waals surface area contributed by atoms with Gasteiger partial charge in [0.05, 0.1) is 0 Å². The quantitative estimate of drug-likeness (QED) is 0.400. The SMILES string of the molecule is C=C(C)C(=C)OCCS(=O)(=O)O. The highest BCUT2D eigenvalue weighted by Crippen LogP contribution is 2.04. The third-order valence-corrected chi connectivity index (χ3v) is 1.78. The van der Waals surface area contributed by atoms with Gasteiger partial charge in [-0.2, -0.15) is 8.42 Å². The highest BCUT2D eigenvalue weighted by Gasteiger charge is 2.04. The zero-order valence-electron chi connectivity index (χ0n) is 6.91. The van der Waals surface area contributed by atoms with E-state index in [0.717, 1.165) is 0 Å². The summed E-state index contributed by atoms with van der Waals surface area (Å²) in [4.78, 5) is 0. The van der Waals surface area contributed by atoms with Gasteiger partial charge in [0.15, 0.2) is 0 Å². The Balaban J connectivity index is 3.73. The van der Waals surface area contributed by atoms with Gasteiger partial charge in [0.1, 0.15) is 18.1 Å². The Kier molecular flexibility index (Phi) is 3.99. The Morgan fingerprint density at radius 3 is 2.33 bits per heavy atom. The first-order chi connectivity index (χ1) is 5.33. The molecule has 0 bridgehead atoms. The molecule has 0 aliphatic carbocycles. The van der Waals surface area contributed by atoms with Crippen molar-refractivity contribution in [3.63, 3.8) is 0 Å². The maximum atomic E-state index is 10.2. The van der Waals surface area contributed by atoms with Crippen LogP contribution in [0.1, 0.15) is 6.92 Å². The molecule has 0 saturated carbocycles. The largest absolute Gasteiger partial charge is 0.493 e. The fraction of sp³-hybridized carbons (Fsp3) is 0.429. The van der Waals surface area contributed by atoms with Crippen LogP contribution in [0, 0.1) is 0 Å². The topological polar surface area (TPSA) is 63.6 Å². The minimum atomic E-state index is -3.94. The molecule has 0 saturated heterocycles.